The van der Waals surface area contributed by atoms with Crippen LogP contribution in [0.5, 0.6) is 0 Å². The van der Waals surface area contributed by atoms with Crippen molar-refractivity contribution in [3.8, 4) is 46.1 Å². The number of ether oxygens (including phenoxy) is 2. The largest absolute Gasteiger partial charge is 0.453 e. The molecule has 2 fully saturated rings. The van der Waals surface area contributed by atoms with E-state index in [0.29, 0.717) is 30.4 Å². The third kappa shape index (κ3) is 10.8. The molecule has 14 nitrogen and oxygen atoms in total. The second-order valence-electron chi connectivity index (χ2n) is 15.1. The van der Waals surface area contributed by atoms with Gasteiger partial charge in [0.1, 0.15) is 29.4 Å². The van der Waals surface area contributed by atoms with Crippen molar-refractivity contribution >= 4 is 48.8 Å². The van der Waals surface area contributed by atoms with Gasteiger partial charge in [0.25, 0.3) is 0 Å². The molecule has 0 radical (unpaired) electrons. The average Bonchev–Trinajstić information content (AvgIpc) is 4.07. The van der Waals surface area contributed by atoms with E-state index in [-0.39, 0.29) is 60.5 Å². The summed E-state index contributed by atoms with van der Waals surface area (Å²) in [5.74, 6) is 13.0. The van der Waals surface area contributed by atoms with Crippen molar-refractivity contribution in [3.05, 3.63) is 83.8 Å². The number of alkyl carbamates (subject to hydrolysis) is 2. The Kier molecular flexibility index (Phi) is 16.6. The molecule has 4 amide bonds. The van der Waals surface area contributed by atoms with Gasteiger partial charge in [-0.15, -0.1) is 24.8 Å². The fourth-order valence-electron chi connectivity index (χ4n) is 7.48. The third-order valence-electron chi connectivity index (χ3n) is 10.5. The number of halogens is 2. The molecule has 0 bridgehead atoms. The van der Waals surface area contributed by atoms with Crippen molar-refractivity contribution in [1.82, 2.24) is 40.4 Å². The number of likely N-dealkylation sites (tertiary alicyclic amines) is 2. The molecule has 0 spiro atoms. The number of methoxy groups -OCH3 is 2. The predicted octanol–water partition coefficient (Wildman–Crippen LogP) is 6.80. The first-order valence-corrected chi connectivity index (χ1v) is 19.6. The molecule has 2 aromatic carbocycles. The number of hydrogen-bond donors (Lipinski definition) is 4. The Bertz CT molecular complexity index is 2250. The lowest BCUT2D eigenvalue weighted by Crippen LogP contribution is -2.51. The Balaban J connectivity index is 0.00000397. The highest BCUT2D eigenvalue weighted by atomic mass is 35.5. The number of carbonyl (C=O) groups is 4. The van der Waals surface area contributed by atoms with Gasteiger partial charge in [0.15, 0.2) is 0 Å². The van der Waals surface area contributed by atoms with E-state index in [2.05, 4.69) is 55.3 Å². The molecule has 2 saturated heterocycles. The number of hydrogen-bond acceptors (Lipinski definition) is 8. The number of imidazole rings is 2. The number of rotatable bonds is 10. The summed E-state index contributed by atoms with van der Waals surface area (Å²) in [5.41, 5.74) is 4.99. The number of benzene rings is 2. The van der Waals surface area contributed by atoms with Crippen molar-refractivity contribution in [1.29, 1.82) is 0 Å². The number of amides is 4. The molecule has 318 valence electrons. The van der Waals surface area contributed by atoms with Crippen molar-refractivity contribution in [2.24, 2.45) is 11.8 Å². The Morgan fingerprint density at radius 3 is 1.80 bits per heavy atom. The monoisotopic (exact) mass is 858 g/mol. The molecule has 4 aromatic rings. The molecular formula is C44H52Cl2N8O6. The summed E-state index contributed by atoms with van der Waals surface area (Å²) in [6.07, 6.45) is 5.26. The second-order valence-corrected chi connectivity index (χ2v) is 15.1. The van der Waals surface area contributed by atoms with Crippen LogP contribution >= 0.6 is 24.8 Å². The molecule has 0 saturated carbocycles. The Labute approximate surface area is 363 Å². The SMILES string of the molecule is COC(=O)N[C@H](C(=O)N1CCC[C@H]1c1ncc(C#CC#Cc2ccc(-c3cnc([C@@H]4CCCN4C(=O)[C@@H](NC(=O)OC)C(C)C)[nH]3)cc2-c2ccccc2)[nH]1)C(C)C.Cl.Cl. The molecule has 60 heavy (non-hydrogen) atoms. The van der Waals surface area contributed by atoms with E-state index in [1.807, 2.05) is 70.2 Å². The predicted molar refractivity (Wildman–Crippen MR) is 232 cm³/mol. The van der Waals surface area contributed by atoms with Crippen molar-refractivity contribution in [3.63, 3.8) is 0 Å². The lowest BCUT2D eigenvalue weighted by molar-refractivity contribution is -0.136. The summed E-state index contributed by atoms with van der Waals surface area (Å²) in [6.45, 7) is 8.67. The summed E-state index contributed by atoms with van der Waals surface area (Å²) < 4.78 is 9.51. The van der Waals surface area contributed by atoms with Gasteiger partial charge in [-0.25, -0.2) is 19.6 Å². The molecule has 4 N–H and O–H groups in total. The van der Waals surface area contributed by atoms with Crippen LogP contribution in [0.2, 0.25) is 0 Å². The van der Waals surface area contributed by atoms with E-state index in [1.165, 1.54) is 14.2 Å². The maximum absolute atomic E-state index is 13.7. The lowest BCUT2D eigenvalue weighted by Gasteiger charge is -2.30. The number of H-pyrrole nitrogens is 2. The van der Waals surface area contributed by atoms with Gasteiger partial charge in [-0.3, -0.25) is 9.59 Å². The first kappa shape index (κ1) is 46.7. The summed E-state index contributed by atoms with van der Waals surface area (Å²) in [4.78, 5) is 70.6. The number of nitrogens with one attached hydrogen (secondary N) is 4. The van der Waals surface area contributed by atoms with E-state index in [0.717, 1.165) is 53.6 Å². The molecular weight excluding hydrogens is 807 g/mol. The highest BCUT2D eigenvalue weighted by molar-refractivity contribution is 5.87. The first-order valence-electron chi connectivity index (χ1n) is 19.6. The summed E-state index contributed by atoms with van der Waals surface area (Å²) >= 11 is 0. The Morgan fingerprint density at radius 1 is 0.717 bits per heavy atom. The minimum Gasteiger partial charge on any atom is -0.453 e. The second kappa shape index (κ2) is 21.3. The molecule has 2 aliphatic heterocycles. The highest BCUT2D eigenvalue weighted by Crippen LogP contribution is 2.35. The molecule has 6 rings (SSSR count). The van der Waals surface area contributed by atoms with Gasteiger partial charge in [0, 0.05) is 24.2 Å². The van der Waals surface area contributed by atoms with E-state index in [1.54, 1.807) is 22.2 Å². The quantitative estimate of drug-likeness (QED) is 0.126. The van der Waals surface area contributed by atoms with Crippen LogP contribution in [0.4, 0.5) is 9.59 Å². The van der Waals surface area contributed by atoms with Crippen LogP contribution < -0.4 is 10.6 Å². The molecule has 2 aromatic heterocycles. The smallest absolute Gasteiger partial charge is 0.407 e. The topological polar surface area (TPSA) is 175 Å². The standard InChI is InChI=1S/C44H50N8O6.2ClH/c1-27(2)37(49-43(55)57-5)41(53)51-22-12-18-35(51)39-45-25-32(47-39)17-11-10-16-30-20-21-31(24-33(30)29-14-8-7-9-15-29)34-26-46-40(48-34)36-19-13-23-52(36)42(54)38(28(3)4)50-44(56)58-6;;/h7-9,14-15,20-21,24-28,35-38H,12-13,18-19,22-23H2,1-6H3,(H,45,47)(H,46,48)(H,49,55)(H,50,56);2*1H/t35-,36-,37-,38-;;/m0../s1. The van der Waals surface area contributed by atoms with Gasteiger partial charge in [-0.1, -0.05) is 70.0 Å². The summed E-state index contributed by atoms with van der Waals surface area (Å²) in [7, 11) is 2.56. The van der Waals surface area contributed by atoms with E-state index >= 15 is 0 Å². The summed E-state index contributed by atoms with van der Waals surface area (Å²) in [6, 6.07) is 14.0. The zero-order valence-corrected chi connectivity index (χ0v) is 36.2. The van der Waals surface area contributed by atoms with Gasteiger partial charge in [0.2, 0.25) is 11.8 Å². The number of nitrogens with zero attached hydrogens (tertiary/aromatic N) is 4. The van der Waals surface area contributed by atoms with Crippen LogP contribution in [-0.2, 0) is 19.1 Å². The van der Waals surface area contributed by atoms with Gasteiger partial charge in [-0.2, -0.15) is 0 Å². The Morgan fingerprint density at radius 2 is 1.25 bits per heavy atom. The molecule has 2 aliphatic rings. The van der Waals surface area contributed by atoms with Crippen LogP contribution in [0.15, 0.2) is 60.9 Å². The van der Waals surface area contributed by atoms with Gasteiger partial charge in [-0.05, 0) is 78.5 Å². The molecule has 4 heterocycles. The fourth-order valence-corrected chi connectivity index (χ4v) is 7.48. The van der Waals surface area contributed by atoms with Crippen LogP contribution in [0.1, 0.15) is 88.4 Å². The van der Waals surface area contributed by atoms with Crippen molar-refractivity contribution in [2.45, 2.75) is 77.5 Å². The minimum atomic E-state index is -0.716. The lowest BCUT2D eigenvalue weighted by atomic mass is 9.96. The highest BCUT2D eigenvalue weighted by Gasteiger charge is 2.39. The maximum atomic E-state index is 13.7. The Hall–Kier alpha value is -5.96. The van der Waals surface area contributed by atoms with E-state index < -0.39 is 24.3 Å². The average molecular weight is 860 g/mol. The van der Waals surface area contributed by atoms with Crippen LogP contribution in [0.3, 0.4) is 0 Å². The van der Waals surface area contributed by atoms with Crippen LogP contribution in [0.25, 0.3) is 22.4 Å². The fraction of sp³-hybridized carbons (Fsp3) is 0.409. The minimum absolute atomic E-state index is 0. The van der Waals surface area contributed by atoms with E-state index in [4.69, 9.17) is 14.5 Å². The van der Waals surface area contributed by atoms with Crippen molar-refractivity contribution < 1.29 is 28.7 Å². The van der Waals surface area contributed by atoms with Crippen LogP contribution in [-0.4, -0.2) is 93.1 Å². The molecule has 0 aliphatic carbocycles. The zero-order valence-electron chi connectivity index (χ0n) is 34.5. The first-order chi connectivity index (χ1) is 28.0. The maximum Gasteiger partial charge on any atom is 0.407 e. The van der Waals surface area contributed by atoms with Crippen LogP contribution in [0, 0.1) is 35.5 Å². The molecule has 16 heteroatoms. The van der Waals surface area contributed by atoms with Crippen molar-refractivity contribution in [2.75, 3.05) is 27.3 Å². The van der Waals surface area contributed by atoms with Gasteiger partial charge < -0.3 is 39.9 Å². The molecule has 4 atom stereocenters. The normalized spacial score (nSPS) is 16.6. The molecule has 0 unspecified atom stereocenters. The number of aromatic amines is 2. The van der Waals surface area contributed by atoms with Gasteiger partial charge >= 0.3 is 12.2 Å². The van der Waals surface area contributed by atoms with E-state index in [9.17, 15) is 19.2 Å². The zero-order chi connectivity index (χ0) is 41.3. The third-order valence-corrected chi connectivity index (χ3v) is 10.5. The number of aromatic nitrogens is 4. The summed E-state index contributed by atoms with van der Waals surface area (Å²) in [5, 5.41) is 5.37. The number of carbonyl (C=O) groups excluding carboxylic acids is 4. The van der Waals surface area contributed by atoms with Gasteiger partial charge in [0.05, 0.1) is 44.4 Å².